The molecular weight excluding hydrogens is 157 g/mol. The average molecular weight is 175 g/mol. The Morgan fingerprint density at radius 1 is 1.64 bits per heavy atom. The standard InChI is InChI=1S/C8H18NOP/c1-8(2)4-7(9-11)3-6(8)5-10/h6-7,9-10H,3-5,11H2,1-2H3/t6?,7-/m0/s1. The molecule has 0 aromatic heterocycles. The van der Waals surface area contributed by atoms with Crippen LogP contribution in [-0.2, 0) is 0 Å². The third-order valence-electron chi connectivity index (χ3n) is 2.90. The Labute approximate surface area is 71.0 Å². The van der Waals surface area contributed by atoms with Gasteiger partial charge in [-0.2, -0.15) is 0 Å². The van der Waals surface area contributed by atoms with Gasteiger partial charge in [-0.05, 0) is 24.2 Å². The molecule has 0 aromatic carbocycles. The van der Waals surface area contributed by atoms with Crippen LogP contribution in [0, 0.1) is 11.3 Å². The number of hydrogen-bond acceptors (Lipinski definition) is 2. The van der Waals surface area contributed by atoms with E-state index in [2.05, 4.69) is 28.3 Å². The first kappa shape index (κ1) is 9.44. The van der Waals surface area contributed by atoms with E-state index in [1.807, 2.05) is 0 Å². The molecule has 2 unspecified atom stereocenters. The molecule has 0 bridgehead atoms. The maximum Gasteiger partial charge on any atom is 0.0464 e. The molecule has 2 N–H and O–H groups in total. The van der Waals surface area contributed by atoms with Gasteiger partial charge < -0.3 is 5.11 Å². The lowest BCUT2D eigenvalue weighted by Gasteiger charge is -2.24. The number of hydrogen-bond donors (Lipinski definition) is 2. The minimum Gasteiger partial charge on any atom is -0.396 e. The normalized spacial score (nSPS) is 36.0. The second-order valence-corrected chi connectivity index (χ2v) is 4.50. The van der Waals surface area contributed by atoms with Gasteiger partial charge in [-0.15, -0.1) is 0 Å². The van der Waals surface area contributed by atoms with Crippen molar-refractivity contribution in [1.29, 1.82) is 0 Å². The molecule has 66 valence electrons. The molecule has 1 aliphatic carbocycles. The van der Waals surface area contributed by atoms with Gasteiger partial charge in [0.05, 0.1) is 0 Å². The molecule has 1 saturated carbocycles. The molecule has 0 heterocycles. The maximum absolute atomic E-state index is 9.08. The summed E-state index contributed by atoms with van der Waals surface area (Å²) < 4.78 is 0. The topological polar surface area (TPSA) is 32.3 Å². The zero-order chi connectivity index (χ0) is 8.48. The quantitative estimate of drug-likeness (QED) is 0.617. The number of rotatable bonds is 2. The van der Waals surface area contributed by atoms with Crippen LogP contribution in [0.3, 0.4) is 0 Å². The molecule has 1 fully saturated rings. The summed E-state index contributed by atoms with van der Waals surface area (Å²) in [5, 5.41) is 12.3. The van der Waals surface area contributed by atoms with Crippen LogP contribution in [0.5, 0.6) is 0 Å². The molecular formula is C8H18NOP. The van der Waals surface area contributed by atoms with E-state index < -0.39 is 0 Å². The number of aliphatic hydroxyl groups excluding tert-OH is 1. The van der Waals surface area contributed by atoms with Gasteiger partial charge in [-0.25, -0.2) is 0 Å². The minimum absolute atomic E-state index is 0.309. The van der Waals surface area contributed by atoms with Gasteiger partial charge in [0.15, 0.2) is 0 Å². The van der Waals surface area contributed by atoms with Gasteiger partial charge in [0, 0.05) is 12.6 Å². The Bertz CT molecular complexity index is 138. The lowest BCUT2D eigenvalue weighted by molar-refractivity contribution is 0.146. The second kappa shape index (κ2) is 3.38. The predicted octanol–water partition coefficient (Wildman–Crippen LogP) is 1.16. The van der Waals surface area contributed by atoms with Gasteiger partial charge >= 0.3 is 0 Å². The van der Waals surface area contributed by atoms with Crippen molar-refractivity contribution in [2.75, 3.05) is 6.61 Å². The van der Waals surface area contributed by atoms with E-state index in [9.17, 15) is 0 Å². The highest BCUT2D eigenvalue weighted by Gasteiger charge is 2.39. The van der Waals surface area contributed by atoms with Crippen molar-refractivity contribution in [2.45, 2.75) is 32.7 Å². The summed E-state index contributed by atoms with van der Waals surface area (Å²) in [6.45, 7) is 4.79. The van der Waals surface area contributed by atoms with Crippen LogP contribution in [0.4, 0.5) is 0 Å². The Morgan fingerprint density at radius 3 is 2.55 bits per heavy atom. The Kier molecular flexibility index (Phi) is 2.90. The van der Waals surface area contributed by atoms with Crippen LogP contribution in [0.15, 0.2) is 0 Å². The SMILES string of the molecule is CC1(C)C[C@@H](NP)CC1CO. The van der Waals surface area contributed by atoms with Gasteiger partial charge in [-0.1, -0.05) is 23.2 Å². The van der Waals surface area contributed by atoms with Crippen LogP contribution >= 0.6 is 9.39 Å². The average Bonchev–Trinajstić information content (AvgIpc) is 2.24. The highest BCUT2D eigenvalue weighted by atomic mass is 31.0. The lowest BCUT2D eigenvalue weighted by Crippen LogP contribution is -2.20. The van der Waals surface area contributed by atoms with Crippen LogP contribution in [0.25, 0.3) is 0 Å². The molecule has 0 amide bonds. The highest BCUT2D eigenvalue weighted by Crippen LogP contribution is 2.42. The third-order valence-corrected chi connectivity index (χ3v) is 3.37. The molecule has 0 aromatic rings. The van der Waals surface area contributed by atoms with Crippen molar-refractivity contribution < 1.29 is 5.11 Å². The van der Waals surface area contributed by atoms with E-state index in [1.165, 1.54) is 6.42 Å². The van der Waals surface area contributed by atoms with E-state index in [0.717, 1.165) is 6.42 Å². The molecule has 0 spiro atoms. The summed E-state index contributed by atoms with van der Waals surface area (Å²) in [6.07, 6.45) is 2.27. The Balaban J connectivity index is 2.55. The summed E-state index contributed by atoms with van der Waals surface area (Å²) in [6, 6.07) is 0.576. The fourth-order valence-electron chi connectivity index (χ4n) is 2.00. The van der Waals surface area contributed by atoms with Crippen molar-refractivity contribution in [2.24, 2.45) is 11.3 Å². The van der Waals surface area contributed by atoms with Gasteiger partial charge in [0.25, 0.3) is 0 Å². The Morgan fingerprint density at radius 2 is 2.27 bits per heavy atom. The van der Waals surface area contributed by atoms with E-state index in [1.54, 1.807) is 0 Å². The monoisotopic (exact) mass is 175 g/mol. The highest BCUT2D eigenvalue weighted by molar-refractivity contribution is 7.13. The fraction of sp³-hybridized carbons (Fsp3) is 1.00. The summed E-state index contributed by atoms with van der Waals surface area (Å²) in [5.41, 5.74) is 0.309. The van der Waals surface area contributed by atoms with Crippen molar-refractivity contribution in [3.63, 3.8) is 0 Å². The molecule has 3 atom stereocenters. The van der Waals surface area contributed by atoms with E-state index in [0.29, 0.717) is 24.0 Å². The van der Waals surface area contributed by atoms with Crippen LogP contribution in [-0.4, -0.2) is 17.8 Å². The lowest BCUT2D eigenvalue weighted by atomic mass is 9.82. The largest absolute Gasteiger partial charge is 0.396 e. The van der Waals surface area contributed by atoms with Crippen LogP contribution in [0.2, 0.25) is 0 Å². The summed E-state index contributed by atoms with van der Waals surface area (Å²) >= 11 is 0. The van der Waals surface area contributed by atoms with E-state index in [-0.39, 0.29) is 0 Å². The molecule has 1 aliphatic rings. The van der Waals surface area contributed by atoms with Crippen molar-refractivity contribution in [3.05, 3.63) is 0 Å². The van der Waals surface area contributed by atoms with Crippen LogP contribution < -0.4 is 5.09 Å². The first-order chi connectivity index (χ1) is 5.10. The smallest absolute Gasteiger partial charge is 0.0464 e. The number of aliphatic hydroxyl groups is 1. The Hall–Kier alpha value is 0.350. The van der Waals surface area contributed by atoms with E-state index >= 15 is 0 Å². The molecule has 11 heavy (non-hydrogen) atoms. The van der Waals surface area contributed by atoms with Gasteiger partial charge in [0.1, 0.15) is 0 Å². The summed E-state index contributed by atoms with van der Waals surface area (Å²) in [7, 11) is 2.56. The van der Waals surface area contributed by atoms with Crippen molar-refractivity contribution in [1.82, 2.24) is 5.09 Å². The molecule has 0 saturated heterocycles. The zero-order valence-electron chi connectivity index (χ0n) is 7.30. The summed E-state index contributed by atoms with van der Waals surface area (Å²) in [5.74, 6) is 0.473. The third kappa shape index (κ3) is 1.93. The molecule has 0 aliphatic heterocycles. The van der Waals surface area contributed by atoms with E-state index in [4.69, 9.17) is 5.11 Å². The molecule has 2 nitrogen and oxygen atoms in total. The first-order valence-corrected chi connectivity index (χ1v) is 4.75. The maximum atomic E-state index is 9.08. The predicted molar refractivity (Wildman–Crippen MR) is 50.2 cm³/mol. The van der Waals surface area contributed by atoms with Crippen molar-refractivity contribution >= 4 is 9.39 Å². The number of nitrogens with one attached hydrogen (secondary N) is 1. The van der Waals surface area contributed by atoms with Crippen molar-refractivity contribution in [3.8, 4) is 0 Å². The first-order valence-electron chi connectivity index (χ1n) is 4.17. The van der Waals surface area contributed by atoms with Gasteiger partial charge in [-0.3, -0.25) is 5.09 Å². The second-order valence-electron chi connectivity index (χ2n) is 4.17. The van der Waals surface area contributed by atoms with Gasteiger partial charge in [0.2, 0.25) is 0 Å². The minimum atomic E-state index is 0.309. The summed E-state index contributed by atoms with van der Waals surface area (Å²) in [4.78, 5) is 0. The molecule has 0 radical (unpaired) electrons. The zero-order valence-corrected chi connectivity index (χ0v) is 8.46. The molecule has 1 rings (SSSR count). The fourth-order valence-corrected chi connectivity index (χ4v) is 2.25. The van der Waals surface area contributed by atoms with Crippen LogP contribution in [0.1, 0.15) is 26.7 Å². The molecule has 3 heteroatoms.